The van der Waals surface area contributed by atoms with Gasteiger partial charge >= 0.3 is 5.97 Å². The predicted molar refractivity (Wildman–Crippen MR) is 146 cm³/mol. The molecule has 3 aromatic rings. The van der Waals surface area contributed by atoms with E-state index in [0.29, 0.717) is 23.4 Å². The first-order valence-electron chi connectivity index (χ1n) is 13.9. The van der Waals surface area contributed by atoms with Crippen LogP contribution in [-0.2, 0) is 11.2 Å². The number of carbonyl (C=O) groups excluding carboxylic acids is 1. The van der Waals surface area contributed by atoms with E-state index in [4.69, 9.17) is 4.98 Å². The number of nitrogens with one attached hydrogen (secondary N) is 1. The van der Waals surface area contributed by atoms with E-state index < -0.39 is 5.97 Å². The molecule has 2 heterocycles. The summed E-state index contributed by atoms with van der Waals surface area (Å²) in [5, 5.41) is 12.5. The van der Waals surface area contributed by atoms with Crippen LogP contribution in [0.25, 0.3) is 11.0 Å². The molecule has 8 heteroatoms. The number of hydrogen-bond acceptors (Lipinski definition) is 5. The normalized spacial score (nSPS) is 21.6. The number of benzene rings is 1. The third-order valence-electron chi connectivity index (χ3n) is 8.34. The molecular weight excluding hydrogens is 484 g/mol. The lowest BCUT2D eigenvalue weighted by Gasteiger charge is -2.31. The summed E-state index contributed by atoms with van der Waals surface area (Å²) in [5.74, 6) is 1.00. The zero-order chi connectivity index (χ0) is 25.8. The molecule has 3 atom stereocenters. The Hall–Kier alpha value is -2.74. The lowest BCUT2D eigenvalue weighted by Crippen LogP contribution is -2.38. The van der Waals surface area contributed by atoms with Crippen LogP contribution in [-0.4, -0.2) is 37.6 Å². The standard InChI is InChI=1S/C29H38N4O3S/c1-19-7-5-6-10-25(19)33-26-12-11-21(14-24(26)32-27(33)16-23-17-30-18-37-23)29(36)31-22(15-28(34)35)13-20-8-3-2-4-9-20/h11-12,14,17-20,22,25H,2-10,13,15-16H2,1H3,(H,31,36)(H,34,35)/t19-,22?,25-/m1/s1. The second kappa shape index (κ2) is 11.8. The number of fused-ring (bicyclic) bond motifs is 1. The lowest BCUT2D eigenvalue weighted by molar-refractivity contribution is -0.137. The lowest BCUT2D eigenvalue weighted by atomic mass is 9.84. The second-order valence-electron chi connectivity index (χ2n) is 11.1. The minimum Gasteiger partial charge on any atom is -0.481 e. The van der Waals surface area contributed by atoms with Crippen molar-refractivity contribution >= 4 is 34.2 Å². The maximum Gasteiger partial charge on any atom is 0.305 e. The highest BCUT2D eigenvalue weighted by molar-refractivity contribution is 7.09. The molecule has 198 valence electrons. The third kappa shape index (κ3) is 6.22. The van der Waals surface area contributed by atoms with Crippen molar-refractivity contribution in [1.29, 1.82) is 0 Å². The Morgan fingerprint density at radius 1 is 1.14 bits per heavy atom. The molecular formula is C29H38N4O3S. The summed E-state index contributed by atoms with van der Waals surface area (Å²) in [6.45, 7) is 2.34. The summed E-state index contributed by atoms with van der Waals surface area (Å²) in [6, 6.07) is 5.83. The number of aliphatic carboxylic acids is 1. The summed E-state index contributed by atoms with van der Waals surface area (Å²) in [5.41, 5.74) is 4.29. The molecule has 2 N–H and O–H groups in total. The minimum absolute atomic E-state index is 0.0440. The Balaban J connectivity index is 1.41. The second-order valence-corrected chi connectivity index (χ2v) is 12.1. The average Bonchev–Trinajstić information content (AvgIpc) is 3.52. The van der Waals surface area contributed by atoms with Gasteiger partial charge in [-0.15, -0.1) is 11.3 Å². The van der Waals surface area contributed by atoms with Gasteiger partial charge < -0.3 is 15.0 Å². The topological polar surface area (TPSA) is 97.1 Å². The number of carboxylic acid groups (broad SMARTS) is 1. The van der Waals surface area contributed by atoms with Crippen molar-refractivity contribution in [1.82, 2.24) is 19.9 Å². The quantitative estimate of drug-likeness (QED) is 0.340. The monoisotopic (exact) mass is 522 g/mol. The van der Waals surface area contributed by atoms with Crippen LogP contribution in [0.4, 0.5) is 0 Å². The molecule has 1 amide bonds. The Morgan fingerprint density at radius 2 is 1.92 bits per heavy atom. The van der Waals surface area contributed by atoms with Crippen LogP contribution >= 0.6 is 11.3 Å². The molecule has 5 rings (SSSR count). The number of rotatable bonds is 9. The number of hydrogen-bond donors (Lipinski definition) is 2. The fraction of sp³-hybridized carbons (Fsp3) is 0.586. The predicted octanol–water partition coefficient (Wildman–Crippen LogP) is 6.38. The van der Waals surface area contributed by atoms with Crippen molar-refractivity contribution in [3.8, 4) is 0 Å². The number of carbonyl (C=O) groups is 2. The molecule has 2 aliphatic rings. The summed E-state index contributed by atoms with van der Waals surface area (Å²) >= 11 is 1.64. The zero-order valence-corrected chi connectivity index (χ0v) is 22.5. The van der Waals surface area contributed by atoms with Crippen molar-refractivity contribution in [2.75, 3.05) is 0 Å². The highest BCUT2D eigenvalue weighted by Gasteiger charge is 2.28. The highest BCUT2D eigenvalue weighted by atomic mass is 32.1. The van der Waals surface area contributed by atoms with Gasteiger partial charge in [-0.25, -0.2) is 4.98 Å². The van der Waals surface area contributed by atoms with E-state index >= 15 is 0 Å². The van der Waals surface area contributed by atoms with Gasteiger partial charge in [0.15, 0.2) is 0 Å². The molecule has 0 spiro atoms. The van der Waals surface area contributed by atoms with Gasteiger partial charge in [0.1, 0.15) is 5.82 Å². The van der Waals surface area contributed by atoms with Gasteiger partial charge in [-0.3, -0.25) is 14.6 Å². The maximum atomic E-state index is 13.3. The highest BCUT2D eigenvalue weighted by Crippen LogP contribution is 2.37. The first-order valence-corrected chi connectivity index (χ1v) is 14.8. The first kappa shape index (κ1) is 25.9. The van der Waals surface area contributed by atoms with E-state index in [9.17, 15) is 14.7 Å². The number of imidazole rings is 1. The molecule has 0 aliphatic heterocycles. The number of nitrogens with zero attached hydrogens (tertiary/aromatic N) is 3. The number of carboxylic acids is 1. The van der Waals surface area contributed by atoms with Crippen molar-refractivity contribution in [3.05, 3.63) is 46.2 Å². The van der Waals surface area contributed by atoms with Gasteiger partial charge in [-0.05, 0) is 49.3 Å². The van der Waals surface area contributed by atoms with Gasteiger partial charge in [0.2, 0.25) is 0 Å². The zero-order valence-electron chi connectivity index (χ0n) is 21.7. The molecule has 2 aromatic heterocycles. The van der Waals surface area contributed by atoms with Gasteiger partial charge in [-0.1, -0.05) is 51.9 Å². The van der Waals surface area contributed by atoms with E-state index in [1.54, 1.807) is 11.3 Å². The number of amides is 1. The molecule has 0 radical (unpaired) electrons. The summed E-state index contributed by atoms with van der Waals surface area (Å²) in [4.78, 5) is 35.3. The molecule has 1 aromatic carbocycles. The molecule has 0 bridgehead atoms. The Morgan fingerprint density at radius 3 is 2.65 bits per heavy atom. The van der Waals surface area contributed by atoms with Crippen LogP contribution in [0.15, 0.2) is 29.9 Å². The van der Waals surface area contributed by atoms with Crippen molar-refractivity contribution in [2.24, 2.45) is 11.8 Å². The van der Waals surface area contributed by atoms with Crippen molar-refractivity contribution in [3.63, 3.8) is 0 Å². The smallest absolute Gasteiger partial charge is 0.305 e. The SMILES string of the molecule is C[C@@H]1CCCC[C@H]1n1c(Cc2cncs2)nc2cc(C(=O)NC(CC(=O)O)CC3CCCCC3)ccc21. The van der Waals surface area contributed by atoms with E-state index in [0.717, 1.165) is 49.0 Å². The maximum absolute atomic E-state index is 13.3. The van der Waals surface area contributed by atoms with Crippen LogP contribution in [0, 0.1) is 11.8 Å². The molecule has 7 nitrogen and oxygen atoms in total. The first-order chi connectivity index (χ1) is 18.0. The van der Waals surface area contributed by atoms with E-state index in [1.165, 1.54) is 43.4 Å². The van der Waals surface area contributed by atoms with Crippen molar-refractivity contribution in [2.45, 2.75) is 96.1 Å². The summed E-state index contributed by atoms with van der Waals surface area (Å²) in [6.07, 6.45) is 14.1. The molecule has 1 unspecified atom stereocenters. The molecule has 2 aliphatic carbocycles. The molecule has 2 saturated carbocycles. The van der Waals surface area contributed by atoms with E-state index in [2.05, 4.69) is 21.8 Å². The Labute approximate surface area is 222 Å². The van der Waals surface area contributed by atoms with E-state index in [-0.39, 0.29) is 18.4 Å². The van der Waals surface area contributed by atoms with Crippen LogP contribution in [0.2, 0.25) is 0 Å². The average molecular weight is 523 g/mol. The third-order valence-corrected chi connectivity index (χ3v) is 9.12. The molecule has 37 heavy (non-hydrogen) atoms. The van der Waals surface area contributed by atoms with Crippen LogP contribution in [0.1, 0.15) is 105 Å². The largest absolute Gasteiger partial charge is 0.481 e. The summed E-state index contributed by atoms with van der Waals surface area (Å²) < 4.78 is 2.41. The van der Waals surface area contributed by atoms with Gasteiger partial charge in [0, 0.05) is 35.1 Å². The fourth-order valence-electron chi connectivity index (χ4n) is 6.45. The van der Waals surface area contributed by atoms with Crippen LogP contribution in [0.5, 0.6) is 0 Å². The van der Waals surface area contributed by atoms with Gasteiger partial charge in [0.05, 0.1) is 23.0 Å². The molecule has 2 fully saturated rings. The van der Waals surface area contributed by atoms with Crippen LogP contribution < -0.4 is 5.32 Å². The van der Waals surface area contributed by atoms with Crippen LogP contribution in [0.3, 0.4) is 0 Å². The Bertz CT molecular complexity index is 1220. The summed E-state index contributed by atoms with van der Waals surface area (Å²) in [7, 11) is 0. The number of aromatic nitrogens is 3. The van der Waals surface area contributed by atoms with Gasteiger partial charge in [0.25, 0.3) is 5.91 Å². The number of thiazole rings is 1. The fourth-order valence-corrected chi connectivity index (χ4v) is 7.04. The van der Waals surface area contributed by atoms with Gasteiger partial charge in [-0.2, -0.15) is 0 Å². The minimum atomic E-state index is -0.871. The van der Waals surface area contributed by atoms with Crippen molar-refractivity contribution < 1.29 is 14.7 Å². The van der Waals surface area contributed by atoms with E-state index in [1.807, 2.05) is 29.9 Å². The Kier molecular flexibility index (Phi) is 8.23. The molecule has 0 saturated heterocycles.